The molecule has 0 unspecified atom stereocenters. The molecule has 0 spiro atoms. The van der Waals surface area contributed by atoms with E-state index in [1.54, 1.807) is 0 Å². The number of hydrogen-bond acceptors (Lipinski definition) is 12. The average molecular weight is 597 g/mol. The molecule has 15 nitrogen and oxygen atoms in total. The van der Waals surface area contributed by atoms with E-state index in [1.165, 1.54) is 12.1 Å². The molecule has 0 aromatic heterocycles. The molecule has 37 heavy (non-hydrogen) atoms. The summed E-state index contributed by atoms with van der Waals surface area (Å²) in [7, 11) is -18.9. The van der Waals surface area contributed by atoms with E-state index in [-0.39, 0.29) is 16.5 Å². The fraction of sp³-hybridized carbons (Fsp3) is 0.111. The molecule has 0 fully saturated rings. The third-order valence-corrected chi connectivity index (χ3v) is 8.52. The first-order valence-electron chi connectivity index (χ1n) is 9.50. The van der Waals surface area contributed by atoms with Gasteiger partial charge >= 0.3 is 10.4 Å². The number of rotatable bonds is 9. The van der Waals surface area contributed by atoms with Crippen LogP contribution in [-0.2, 0) is 44.7 Å². The Labute approximate surface area is 210 Å². The summed E-state index contributed by atoms with van der Waals surface area (Å²) in [5.41, 5.74) is -0.804. The molecule has 0 aliphatic rings. The van der Waals surface area contributed by atoms with Crippen molar-refractivity contribution < 1.29 is 56.6 Å². The number of benzene rings is 3. The summed E-state index contributed by atoms with van der Waals surface area (Å²) in [5.74, 6) is -1.43. The Bertz CT molecular complexity index is 1850. The van der Waals surface area contributed by atoms with Crippen LogP contribution in [0.15, 0.2) is 73.4 Å². The molecule has 0 atom stereocenters. The minimum Gasteiger partial charge on any atom is -0.506 e. The summed E-state index contributed by atoms with van der Waals surface area (Å²) in [6.07, 6.45) is 0. The zero-order valence-corrected chi connectivity index (χ0v) is 21.3. The van der Waals surface area contributed by atoms with Gasteiger partial charge in [0.2, 0.25) is 0 Å². The van der Waals surface area contributed by atoms with Crippen molar-refractivity contribution in [3.8, 4) is 5.75 Å². The first-order chi connectivity index (χ1) is 16.9. The van der Waals surface area contributed by atoms with Crippen LogP contribution < -0.4 is 0 Å². The van der Waals surface area contributed by atoms with Crippen LogP contribution in [0.25, 0.3) is 10.8 Å². The number of sulfone groups is 1. The van der Waals surface area contributed by atoms with E-state index in [2.05, 4.69) is 14.4 Å². The molecule has 0 radical (unpaired) electrons. The monoisotopic (exact) mass is 596 g/mol. The first kappa shape index (κ1) is 28.5. The van der Waals surface area contributed by atoms with Gasteiger partial charge in [-0.05, 0) is 41.8 Å². The number of aromatic hydroxyl groups is 1. The molecule has 3 rings (SSSR count). The second kappa shape index (κ2) is 10.0. The van der Waals surface area contributed by atoms with Crippen molar-refractivity contribution in [1.29, 1.82) is 0 Å². The standard InChI is InChI=1S/C18H16N2O13S4/c21-16-6-1-11-9-13(35(24,25)26)2-4-14(11)18(16)20-19-15-5-3-12(10-17(15)36(27,28)29)34(22,23)8-7-33-37(30,31)32/h1-6,9-10,21H,7-8H2,(H,24,25,26)(H,27,28,29)(H,30,31,32). The molecule has 200 valence electrons. The van der Waals surface area contributed by atoms with E-state index in [9.17, 15) is 47.9 Å². The number of azo groups is 1. The van der Waals surface area contributed by atoms with Gasteiger partial charge in [0.15, 0.2) is 9.84 Å². The molecule has 19 heteroatoms. The number of nitrogens with zero attached hydrogens (tertiary/aromatic N) is 2. The van der Waals surface area contributed by atoms with Crippen molar-refractivity contribution in [3.63, 3.8) is 0 Å². The van der Waals surface area contributed by atoms with E-state index in [0.29, 0.717) is 6.07 Å². The third kappa shape index (κ3) is 7.05. The SMILES string of the molecule is O=S(=O)(O)OCCS(=O)(=O)c1ccc(N=Nc2c(O)ccc3cc(S(=O)(=O)O)ccc23)c(S(=O)(=O)O)c1. The van der Waals surface area contributed by atoms with Gasteiger partial charge in [0, 0.05) is 5.39 Å². The average Bonchev–Trinajstić information content (AvgIpc) is 2.75. The molecule has 0 aliphatic carbocycles. The zero-order valence-electron chi connectivity index (χ0n) is 18.0. The van der Waals surface area contributed by atoms with Gasteiger partial charge in [-0.2, -0.15) is 25.3 Å². The lowest BCUT2D eigenvalue weighted by Crippen LogP contribution is -2.16. The van der Waals surface area contributed by atoms with Crippen LogP contribution in [0.4, 0.5) is 11.4 Å². The predicted octanol–water partition coefficient (Wildman–Crippen LogP) is 2.05. The third-order valence-electron chi connectivity index (χ3n) is 4.65. The molecule has 0 saturated heterocycles. The van der Waals surface area contributed by atoms with Crippen LogP contribution in [-0.4, -0.2) is 64.8 Å². The molecule has 3 aromatic carbocycles. The maximum absolute atomic E-state index is 12.4. The minimum absolute atomic E-state index is 0.141. The highest BCUT2D eigenvalue weighted by Gasteiger charge is 2.23. The van der Waals surface area contributed by atoms with Crippen LogP contribution in [0, 0.1) is 0 Å². The molecule has 0 bridgehead atoms. The van der Waals surface area contributed by atoms with Crippen LogP contribution >= 0.6 is 0 Å². The summed E-state index contributed by atoms with van der Waals surface area (Å²) in [6.45, 7) is -0.983. The maximum atomic E-state index is 12.4. The lowest BCUT2D eigenvalue weighted by molar-refractivity contribution is 0.284. The van der Waals surface area contributed by atoms with Gasteiger partial charge in [-0.25, -0.2) is 12.6 Å². The second-order valence-electron chi connectivity index (χ2n) is 7.16. The van der Waals surface area contributed by atoms with Crippen molar-refractivity contribution in [1.82, 2.24) is 0 Å². The maximum Gasteiger partial charge on any atom is 0.397 e. The summed E-state index contributed by atoms with van der Waals surface area (Å²) >= 11 is 0. The van der Waals surface area contributed by atoms with E-state index >= 15 is 0 Å². The van der Waals surface area contributed by atoms with Gasteiger partial charge in [-0.15, -0.1) is 10.2 Å². The Balaban J connectivity index is 2.06. The lowest BCUT2D eigenvalue weighted by atomic mass is 10.1. The van der Waals surface area contributed by atoms with Crippen LogP contribution in [0.1, 0.15) is 0 Å². The smallest absolute Gasteiger partial charge is 0.397 e. The van der Waals surface area contributed by atoms with E-state index < -0.39 is 79.0 Å². The lowest BCUT2D eigenvalue weighted by Gasteiger charge is -2.08. The number of phenolic OH excluding ortho intramolecular Hbond substituents is 1. The first-order valence-corrected chi connectivity index (χ1v) is 15.4. The Morgan fingerprint density at radius 1 is 0.730 bits per heavy atom. The van der Waals surface area contributed by atoms with Gasteiger partial charge in [0.05, 0.1) is 22.2 Å². The predicted molar refractivity (Wildman–Crippen MR) is 125 cm³/mol. The fourth-order valence-corrected chi connectivity index (χ4v) is 5.74. The Morgan fingerprint density at radius 2 is 1.38 bits per heavy atom. The van der Waals surface area contributed by atoms with Crippen LogP contribution in [0.5, 0.6) is 5.75 Å². The summed E-state index contributed by atoms with van der Waals surface area (Å²) in [4.78, 5) is -2.11. The topological polar surface area (TPSA) is 251 Å². The molecular formula is C18H16N2O13S4. The molecular weight excluding hydrogens is 580 g/mol. The molecule has 0 amide bonds. The van der Waals surface area contributed by atoms with Gasteiger partial charge in [-0.3, -0.25) is 13.7 Å². The van der Waals surface area contributed by atoms with Crippen LogP contribution in [0.3, 0.4) is 0 Å². The Hall–Kier alpha value is -3.04. The van der Waals surface area contributed by atoms with Crippen molar-refractivity contribution in [2.24, 2.45) is 10.2 Å². The van der Waals surface area contributed by atoms with E-state index in [4.69, 9.17) is 4.55 Å². The van der Waals surface area contributed by atoms with E-state index in [0.717, 1.165) is 30.3 Å². The van der Waals surface area contributed by atoms with Crippen molar-refractivity contribution in [3.05, 3.63) is 48.5 Å². The zero-order chi connectivity index (χ0) is 27.8. The Morgan fingerprint density at radius 3 is 1.97 bits per heavy atom. The number of phenols is 1. The summed E-state index contributed by atoms with van der Waals surface area (Å²) in [6, 6.07) is 8.01. The van der Waals surface area contributed by atoms with Crippen molar-refractivity contribution >= 4 is 62.6 Å². The number of hydrogen-bond donors (Lipinski definition) is 4. The van der Waals surface area contributed by atoms with Crippen molar-refractivity contribution in [2.75, 3.05) is 12.4 Å². The van der Waals surface area contributed by atoms with Gasteiger partial charge in [-0.1, -0.05) is 12.1 Å². The van der Waals surface area contributed by atoms with E-state index in [1.807, 2.05) is 0 Å². The molecule has 0 aliphatic heterocycles. The quantitative estimate of drug-likeness (QED) is 0.204. The molecule has 0 saturated carbocycles. The van der Waals surface area contributed by atoms with Crippen LogP contribution in [0.2, 0.25) is 0 Å². The van der Waals surface area contributed by atoms with Gasteiger partial charge in [0.1, 0.15) is 22.0 Å². The van der Waals surface area contributed by atoms with Crippen molar-refractivity contribution in [2.45, 2.75) is 14.7 Å². The highest BCUT2D eigenvalue weighted by molar-refractivity contribution is 7.91. The largest absolute Gasteiger partial charge is 0.506 e. The minimum atomic E-state index is -5.08. The fourth-order valence-electron chi connectivity index (χ4n) is 2.99. The summed E-state index contributed by atoms with van der Waals surface area (Å²) in [5, 5.41) is 18.0. The molecule has 3 aromatic rings. The van der Waals surface area contributed by atoms with Gasteiger partial charge < -0.3 is 5.11 Å². The Kier molecular flexibility index (Phi) is 7.73. The second-order valence-corrected chi connectivity index (χ2v) is 13.2. The van der Waals surface area contributed by atoms with Gasteiger partial charge in [0.25, 0.3) is 20.2 Å². The summed E-state index contributed by atoms with van der Waals surface area (Å²) < 4.78 is 124. The highest BCUT2D eigenvalue weighted by atomic mass is 32.3. The highest BCUT2D eigenvalue weighted by Crippen LogP contribution is 2.38. The molecule has 4 N–H and O–H groups in total. The normalized spacial score (nSPS) is 13.4. The number of fused-ring (bicyclic) bond motifs is 1. The molecule has 0 heterocycles.